The summed E-state index contributed by atoms with van der Waals surface area (Å²) >= 11 is 1.59. The second-order valence-electron chi connectivity index (χ2n) is 5.02. The second kappa shape index (κ2) is 5.59. The molecule has 102 valence electrons. The van der Waals surface area contributed by atoms with Crippen LogP contribution in [0.4, 0.5) is 0 Å². The lowest BCUT2D eigenvalue weighted by Gasteiger charge is -1.97. The molecule has 2 aromatic rings. The summed E-state index contributed by atoms with van der Waals surface area (Å²) in [6.45, 7) is 2.04. The predicted molar refractivity (Wildman–Crippen MR) is 82.6 cm³/mol. The Balaban J connectivity index is 1.62. The Kier molecular flexibility index (Phi) is 3.65. The first-order valence-corrected chi connectivity index (χ1v) is 7.56. The largest absolute Gasteiger partial charge is 0.281 e. The standard InChI is InChI=1S/C16H16N2OS/c1-11-5-7-12(8-6-11)10-17-18-16(19)15-9-13-3-2-4-14(13)20-15/h5-10H,2-4H2,1H3,(H,18,19)/b17-10-. The maximum atomic E-state index is 12.0. The van der Waals surface area contributed by atoms with Crippen molar-refractivity contribution in [2.75, 3.05) is 0 Å². The molecule has 0 atom stereocenters. The van der Waals surface area contributed by atoms with Crippen LogP contribution in [-0.4, -0.2) is 12.1 Å². The average molecular weight is 284 g/mol. The van der Waals surface area contributed by atoms with E-state index in [0.29, 0.717) is 0 Å². The number of hydrogen-bond donors (Lipinski definition) is 1. The summed E-state index contributed by atoms with van der Waals surface area (Å²) in [4.78, 5) is 14.1. The Hall–Kier alpha value is -1.94. The van der Waals surface area contributed by atoms with Gasteiger partial charge in [0.1, 0.15) is 0 Å². The summed E-state index contributed by atoms with van der Waals surface area (Å²) < 4.78 is 0. The smallest absolute Gasteiger partial charge is 0.266 e. The highest BCUT2D eigenvalue weighted by Crippen LogP contribution is 2.30. The number of aryl methyl sites for hydroxylation is 3. The van der Waals surface area contributed by atoms with E-state index in [1.54, 1.807) is 17.6 Å². The molecule has 1 aliphatic rings. The van der Waals surface area contributed by atoms with Gasteiger partial charge in [-0.25, -0.2) is 5.43 Å². The van der Waals surface area contributed by atoms with Crippen LogP contribution in [0.3, 0.4) is 0 Å². The highest BCUT2D eigenvalue weighted by molar-refractivity contribution is 7.14. The van der Waals surface area contributed by atoms with Gasteiger partial charge in [-0.05, 0) is 43.4 Å². The molecule has 0 radical (unpaired) electrons. The molecule has 0 saturated heterocycles. The number of hydrogen-bond acceptors (Lipinski definition) is 3. The number of benzene rings is 1. The van der Waals surface area contributed by atoms with E-state index in [1.807, 2.05) is 37.3 Å². The molecule has 0 fully saturated rings. The monoisotopic (exact) mass is 284 g/mol. The summed E-state index contributed by atoms with van der Waals surface area (Å²) in [6.07, 6.45) is 5.10. The summed E-state index contributed by atoms with van der Waals surface area (Å²) in [7, 11) is 0. The van der Waals surface area contributed by atoms with Gasteiger partial charge in [-0.1, -0.05) is 29.8 Å². The van der Waals surface area contributed by atoms with E-state index >= 15 is 0 Å². The van der Waals surface area contributed by atoms with Gasteiger partial charge >= 0.3 is 0 Å². The molecule has 0 saturated carbocycles. The van der Waals surface area contributed by atoms with Gasteiger partial charge in [0.05, 0.1) is 11.1 Å². The number of thiophene rings is 1. The SMILES string of the molecule is Cc1ccc(/C=N\NC(=O)c2cc3c(s2)CCC3)cc1. The molecule has 0 spiro atoms. The van der Waals surface area contributed by atoms with E-state index < -0.39 is 0 Å². The Morgan fingerprint density at radius 2 is 2.10 bits per heavy atom. The van der Waals surface area contributed by atoms with Gasteiger partial charge in [0.2, 0.25) is 0 Å². The molecule has 20 heavy (non-hydrogen) atoms. The van der Waals surface area contributed by atoms with E-state index in [-0.39, 0.29) is 5.91 Å². The first kappa shape index (κ1) is 13.1. The van der Waals surface area contributed by atoms with Crippen molar-refractivity contribution in [2.45, 2.75) is 26.2 Å². The quantitative estimate of drug-likeness (QED) is 0.682. The zero-order valence-electron chi connectivity index (χ0n) is 11.3. The highest BCUT2D eigenvalue weighted by atomic mass is 32.1. The molecule has 0 bridgehead atoms. The Bertz CT molecular complexity index is 634. The third kappa shape index (κ3) is 2.80. The Morgan fingerprint density at radius 1 is 1.30 bits per heavy atom. The number of fused-ring (bicyclic) bond motifs is 1. The molecule has 4 heteroatoms. The van der Waals surface area contributed by atoms with Crippen LogP contribution in [0.5, 0.6) is 0 Å². The molecular formula is C16H16N2OS. The molecule has 1 heterocycles. The van der Waals surface area contributed by atoms with Crippen molar-refractivity contribution in [3.8, 4) is 0 Å². The summed E-state index contributed by atoms with van der Waals surface area (Å²) in [5.74, 6) is -0.118. The maximum absolute atomic E-state index is 12.0. The predicted octanol–water partition coefficient (Wildman–Crippen LogP) is 3.31. The van der Waals surface area contributed by atoms with Crippen LogP contribution in [0.2, 0.25) is 0 Å². The van der Waals surface area contributed by atoms with E-state index in [1.165, 1.54) is 22.4 Å². The van der Waals surface area contributed by atoms with E-state index in [4.69, 9.17) is 0 Å². The van der Waals surface area contributed by atoms with Crippen molar-refractivity contribution in [3.05, 3.63) is 56.8 Å². The van der Waals surface area contributed by atoms with E-state index in [0.717, 1.165) is 23.3 Å². The van der Waals surface area contributed by atoms with Gasteiger partial charge in [-0.15, -0.1) is 11.3 Å². The fraction of sp³-hybridized carbons (Fsp3) is 0.250. The molecule has 1 aromatic carbocycles. The van der Waals surface area contributed by atoms with Gasteiger partial charge in [0.15, 0.2) is 0 Å². The minimum Gasteiger partial charge on any atom is -0.266 e. The molecule has 3 rings (SSSR count). The van der Waals surface area contributed by atoms with Crippen molar-refractivity contribution in [1.29, 1.82) is 0 Å². The fourth-order valence-electron chi connectivity index (χ4n) is 2.31. The van der Waals surface area contributed by atoms with Crippen LogP contribution in [0, 0.1) is 6.92 Å². The van der Waals surface area contributed by atoms with Gasteiger partial charge in [0.25, 0.3) is 5.91 Å². The van der Waals surface area contributed by atoms with Crippen molar-refractivity contribution >= 4 is 23.5 Å². The number of nitrogens with one attached hydrogen (secondary N) is 1. The Morgan fingerprint density at radius 3 is 2.85 bits per heavy atom. The number of amides is 1. The fourth-order valence-corrected chi connectivity index (χ4v) is 3.46. The lowest BCUT2D eigenvalue weighted by molar-refractivity contribution is 0.0959. The van der Waals surface area contributed by atoms with Crippen LogP contribution >= 0.6 is 11.3 Å². The molecule has 1 N–H and O–H groups in total. The zero-order chi connectivity index (χ0) is 13.9. The van der Waals surface area contributed by atoms with Crippen molar-refractivity contribution < 1.29 is 4.79 Å². The Labute approximate surface area is 122 Å². The molecule has 1 amide bonds. The molecule has 0 aliphatic heterocycles. The van der Waals surface area contributed by atoms with Crippen molar-refractivity contribution in [3.63, 3.8) is 0 Å². The average Bonchev–Trinajstić information content (AvgIpc) is 3.02. The van der Waals surface area contributed by atoms with E-state index in [2.05, 4.69) is 10.5 Å². The zero-order valence-corrected chi connectivity index (χ0v) is 12.2. The molecule has 0 unspecified atom stereocenters. The van der Waals surface area contributed by atoms with E-state index in [9.17, 15) is 4.79 Å². The number of hydrazone groups is 1. The van der Waals surface area contributed by atoms with Crippen LogP contribution in [-0.2, 0) is 12.8 Å². The first-order valence-electron chi connectivity index (χ1n) is 6.74. The van der Waals surface area contributed by atoms with Crippen LogP contribution in [0.1, 0.15) is 37.7 Å². The number of carbonyl (C=O) groups is 1. The lowest BCUT2D eigenvalue weighted by atomic mass is 10.2. The number of carbonyl (C=O) groups excluding carboxylic acids is 1. The highest BCUT2D eigenvalue weighted by Gasteiger charge is 2.17. The third-order valence-electron chi connectivity index (χ3n) is 3.43. The third-order valence-corrected chi connectivity index (χ3v) is 4.66. The summed E-state index contributed by atoms with van der Waals surface area (Å²) in [6, 6.07) is 10.00. The molecule has 1 aromatic heterocycles. The van der Waals surface area contributed by atoms with Crippen molar-refractivity contribution in [1.82, 2.24) is 5.43 Å². The minimum atomic E-state index is -0.118. The van der Waals surface area contributed by atoms with Gasteiger partial charge < -0.3 is 0 Å². The van der Waals surface area contributed by atoms with Crippen LogP contribution < -0.4 is 5.43 Å². The van der Waals surface area contributed by atoms with Crippen LogP contribution in [0.25, 0.3) is 0 Å². The van der Waals surface area contributed by atoms with Gasteiger partial charge in [0, 0.05) is 4.88 Å². The molecule has 3 nitrogen and oxygen atoms in total. The number of rotatable bonds is 3. The molecule has 1 aliphatic carbocycles. The second-order valence-corrected chi connectivity index (χ2v) is 6.16. The molecular weight excluding hydrogens is 268 g/mol. The normalized spacial score (nSPS) is 13.7. The van der Waals surface area contributed by atoms with Crippen LogP contribution in [0.15, 0.2) is 35.4 Å². The van der Waals surface area contributed by atoms with Crippen molar-refractivity contribution in [2.24, 2.45) is 5.10 Å². The topological polar surface area (TPSA) is 41.5 Å². The minimum absolute atomic E-state index is 0.118. The lowest BCUT2D eigenvalue weighted by Crippen LogP contribution is -2.16. The summed E-state index contributed by atoms with van der Waals surface area (Å²) in [5, 5.41) is 4.01. The summed E-state index contributed by atoms with van der Waals surface area (Å²) in [5.41, 5.74) is 6.11. The maximum Gasteiger partial charge on any atom is 0.281 e. The number of nitrogens with zero attached hydrogens (tertiary/aromatic N) is 1. The van der Waals surface area contributed by atoms with Gasteiger partial charge in [-0.2, -0.15) is 5.10 Å². The first-order chi connectivity index (χ1) is 9.72. The van der Waals surface area contributed by atoms with Gasteiger partial charge in [-0.3, -0.25) is 4.79 Å².